The quantitative estimate of drug-likeness (QED) is 0.830. The summed E-state index contributed by atoms with van der Waals surface area (Å²) in [7, 11) is -3.63. The van der Waals surface area contributed by atoms with Crippen LogP contribution >= 0.6 is 0 Å². The van der Waals surface area contributed by atoms with Crippen molar-refractivity contribution < 1.29 is 13.2 Å². The molecule has 2 heterocycles. The van der Waals surface area contributed by atoms with E-state index in [1.54, 1.807) is 30.5 Å². The zero-order valence-electron chi connectivity index (χ0n) is 14.5. The molecule has 0 unspecified atom stereocenters. The molecule has 136 valence electrons. The molecule has 26 heavy (non-hydrogen) atoms. The van der Waals surface area contributed by atoms with E-state index in [4.69, 9.17) is 0 Å². The predicted molar refractivity (Wildman–Crippen MR) is 98.0 cm³/mol. The van der Waals surface area contributed by atoms with E-state index in [0.717, 1.165) is 5.69 Å². The van der Waals surface area contributed by atoms with Crippen molar-refractivity contribution in [1.82, 2.24) is 15.0 Å². The number of amidine groups is 1. The number of nitrogens with one attached hydrogen (secondary N) is 2. The number of benzene rings is 1. The van der Waals surface area contributed by atoms with Gasteiger partial charge in [-0.3, -0.25) is 19.5 Å². The van der Waals surface area contributed by atoms with Gasteiger partial charge in [-0.1, -0.05) is 32.0 Å². The third-order valence-electron chi connectivity index (χ3n) is 4.00. The highest BCUT2D eigenvalue weighted by Crippen LogP contribution is 2.23. The number of aromatic nitrogens is 1. The van der Waals surface area contributed by atoms with Crippen molar-refractivity contribution in [2.45, 2.75) is 31.3 Å². The molecule has 2 aromatic rings. The maximum absolute atomic E-state index is 12.6. The predicted octanol–water partition coefficient (Wildman–Crippen LogP) is 1.46. The Morgan fingerprint density at radius 2 is 1.92 bits per heavy atom. The van der Waals surface area contributed by atoms with Crippen molar-refractivity contribution >= 4 is 21.8 Å². The minimum Gasteiger partial charge on any atom is -0.349 e. The van der Waals surface area contributed by atoms with Crippen LogP contribution in [0.25, 0.3) is 0 Å². The zero-order valence-corrected chi connectivity index (χ0v) is 15.3. The SMILES string of the molecule is CC(C)[C@@H](N=C1NS(=O)(=O)c2ccccc21)C(=O)NCc1ccccn1. The second kappa shape index (κ2) is 7.25. The van der Waals surface area contributed by atoms with E-state index < -0.39 is 16.1 Å². The Hall–Kier alpha value is -2.74. The molecule has 1 aliphatic heterocycles. The van der Waals surface area contributed by atoms with Crippen molar-refractivity contribution in [2.24, 2.45) is 10.9 Å². The van der Waals surface area contributed by atoms with Crippen LogP contribution in [0, 0.1) is 5.92 Å². The highest BCUT2D eigenvalue weighted by Gasteiger charge is 2.32. The van der Waals surface area contributed by atoms with Crippen molar-refractivity contribution in [3.05, 3.63) is 59.9 Å². The number of carbonyl (C=O) groups excluding carboxylic acids is 1. The van der Waals surface area contributed by atoms with Crippen LogP contribution in [-0.4, -0.2) is 31.2 Å². The Kier molecular flexibility index (Phi) is 5.03. The Labute approximate surface area is 152 Å². The van der Waals surface area contributed by atoms with E-state index in [1.807, 2.05) is 26.0 Å². The summed E-state index contributed by atoms with van der Waals surface area (Å²) in [5.74, 6) is -0.183. The summed E-state index contributed by atoms with van der Waals surface area (Å²) >= 11 is 0. The first-order chi connectivity index (χ1) is 12.4. The molecule has 1 amide bonds. The zero-order chi connectivity index (χ0) is 18.7. The van der Waals surface area contributed by atoms with E-state index >= 15 is 0 Å². The van der Waals surface area contributed by atoms with Gasteiger partial charge in [-0.15, -0.1) is 0 Å². The van der Waals surface area contributed by atoms with Crippen LogP contribution in [0.5, 0.6) is 0 Å². The van der Waals surface area contributed by atoms with Gasteiger partial charge in [0.1, 0.15) is 11.9 Å². The topological polar surface area (TPSA) is 101 Å². The minimum absolute atomic E-state index is 0.108. The largest absolute Gasteiger partial charge is 0.349 e. The van der Waals surface area contributed by atoms with Crippen molar-refractivity contribution in [3.63, 3.8) is 0 Å². The van der Waals surface area contributed by atoms with Crippen LogP contribution in [-0.2, 0) is 21.4 Å². The maximum Gasteiger partial charge on any atom is 0.263 e. The number of amides is 1. The summed E-state index contributed by atoms with van der Waals surface area (Å²) in [4.78, 5) is 21.4. The van der Waals surface area contributed by atoms with Crippen LogP contribution in [0.15, 0.2) is 58.5 Å². The monoisotopic (exact) mass is 372 g/mol. The van der Waals surface area contributed by atoms with Gasteiger partial charge in [-0.25, -0.2) is 8.42 Å². The van der Waals surface area contributed by atoms with E-state index in [1.165, 1.54) is 6.07 Å². The van der Waals surface area contributed by atoms with Crippen LogP contribution < -0.4 is 10.0 Å². The number of pyridine rings is 1. The molecule has 1 aromatic carbocycles. The molecule has 1 atom stereocenters. The molecular formula is C18H20N4O3S. The highest BCUT2D eigenvalue weighted by atomic mass is 32.2. The second-order valence-corrected chi connectivity index (χ2v) is 7.96. The van der Waals surface area contributed by atoms with Crippen LogP contribution in [0.2, 0.25) is 0 Å². The lowest BCUT2D eigenvalue weighted by Crippen LogP contribution is -2.38. The van der Waals surface area contributed by atoms with E-state index in [-0.39, 0.29) is 29.1 Å². The summed E-state index contributed by atoms with van der Waals surface area (Å²) < 4.78 is 26.8. The molecule has 7 nitrogen and oxygen atoms in total. The fourth-order valence-corrected chi connectivity index (χ4v) is 3.90. The molecule has 0 saturated heterocycles. The van der Waals surface area contributed by atoms with E-state index in [2.05, 4.69) is 20.0 Å². The average Bonchev–Trinajstić information content (AvgIpc) is 2.89. The number of fused-ring (bicyclic) bond motifs is 1. The van der Waals surface area contributed by atoms with Crippen molar-refractivity contribution in [2.75, 3.05) is 0 Å². The van der Waals surface area contributed by atoms with E-state index in [0.29, 0.717) is 5.56 Å². The van der Waals surface area contributed by atoms with Crippen LogP contribution in [0.1, 0.15) is 25.1 Å². The lowest BCUT2D eigenvalue weighted by molar-refractivity contribution is -0.123. The summed E-state index contributed by atoms with van der Waals surface area (Å²) in [6, 6.07) is 11.3. The Morgan fingerprint density at radius 1 is 1.19 bits per heavy atom. The van der Waals surface area contributed by atoms with Gasteiger partial charge < -0.3 is 5.32 Å². The number of rotatable bonds is 5. The number of hydrogen-bond donors (Lipinski definition) is 2. The lowest BCUT2D eigenvalue weighted by Gasteiger charge is -2.17. The number of nitrogens with zero attached hydrogens (tertiary/aromatic N) is 2. The fourth-order valence-electron chi connectivity index (χ4n) is 2.66. The standard InChI is InChI=1S/C18H20N4O3S/c1-12(2)16(18(23)20-11-13-7-5-6-10-19-13)21-17-14-8-3-4-9-15(14)26(24,25)22-17/h3-10,12,16H,11H2,1-2H3,(H,20,23)(H,21,22)/t16-/m1/s1. The van der Waals surface area contributed by atoms with Gasteiger partial charge in [0.15, 0.2) is 0 Å². The van der Waals surface area contributed by atoms with Crippen LogP contribution in [0.3, 0.4) is 0 Å². The smallest absolute Gasteiger partial charge is 0.263 e. The first kappa shape index (κ1) is 18.1. The van der Waals surface area contributed by atoms with Gasteiger partial charge in [0, 0.05) is 11.8 Å². The summed E-state index contributed by atoms with van der Waals surface area (Å²) in [5.41, 5.74) is 1.22. The number of carbonyl (C=O) groups is 1. The van der Waals surface area contributed by atoms with Gasteiger partial charge in [0.2, 0.25) is 5.91 Å². The third kappa shape index (κ3) is 3.75. The second-order valence-electron chi connectivity index (χ2n) is 6.31. The Balaban J connectivity index is 1.83. The van der Waals surface area contributed by atoms with E-state index in [9.17, 15) is 13.2 Å². The first-order valence-electron chi connectivity index (χ1n) is 8.26. The van der Waals surface area contributed by atoms with Gasteiger partial charge in [0.05, 0.1) is 17.1 Å². The molecule has 0 bridgehead atoms. The summed E-state index contributed by atoms with van der Waals surface area (Å²) in [5, 5.41) is 2.81. The Bertz CT molecular complexity index is 940. The molecule has 0 spiro atoms. The normalized spacial score (nSPS) is 17.6. The number of sulfonamides is 1. The molecule has 0 aliphatic carbocycles. The molecule has 2 N–H and O–H groups in total. The van der Waals surface area contributed by atoms with Gasteiger partial charge in [-0.05, 0) is 30.2 Å². The van der Waals surface area contributed by atoms with Gasteiger partial charge in [0.25, 0.3) is 10.0 Å². The third-order valence-corrected chi connectivity index (χ3v) is 5.40. The average molecular weight is 372 g/mol. The summed E-state index contributed by atoms with van der Waals surface area (Å²) in [6.07, 6.45) is 1.66. The first-order valence-corrected chi connectivity index (χ1v) is 9.74. The molecule has 3 rings (SSSR count). The molecule has 1 aliphatic rings. The van der Waals surface area contributed by atoms with Crippen molar-refractivity contribution in [3.8, 4) is 0 Å². The summed E-state index contributed by atoms with van der Waals surface area (Å²) in [6.45, 7) is 4.02. The van der Waals surface area contributed by atoms with Gasteiger partial charge in [-0.2, -0.15) is 0 Å². The van der Waals surface area contributed by atoms with Crippen LogP contribution in [0.4, 0.5) is 0 Å². The number of hydrogen-bond acceptors (Lipinski definition) is 5. The molecule has 0 fully saturated rings. The van der Waals surface area contributed by atoms with Gasteiger partial charge >= 0.3 is 0 Å². The lowest BCUT2D eigenvalue weighted by atomic mass is 10.0. The fraction of sp³-hybridized carbons (Fsp3) is 0.278. The minimum atomic E-state index is -3.63. The van der Waals surface area contributed by atoms with Crippen molar-refractivity contribution in [1.29, 1.82) is 0 Å². The highest BCUT2D eigenvalue weighted by molar-refractivity contribution is 7.90. The molecular weight excluding hydrogens is 352 g/mol. The molecule has 1 aromatic heterocycles. The molecule has 0 saturated carbocycles. The Morgan fingerprint density at radius 3 is 2.62 bits per heavy atom. The molecule has 8 heteroatoms. The maximum atomic E-state index is 12.6. The molecule has 0 radical (unpaired) electrons. The number of aliphatic imine (C=N–C) groups is 1.